The van der Waals surface area contributed by atoms with Gasteiger partial charge < -0.3 is 4.90 Å². The van der Waals surface area contributed by atoms with Gasteiger partial charge >= 0.3 is 0 Å². The molecule has 0 aliphatic carbocycles. The average Bonchev–Trinajstić information content (AvgIpc) is 2.67. The van der Waals surface area contributed by atoms with E-state index in [0.717, 1.165) is 24.8 Å². The van der Waals surface area contributed by atoms with Gasteiger partial charge in [-0.15, -0.1) is 0 Å². The van der Waals surface area contributed by atoms with Crippen LogP contribution in [0.3, 0.4) is 0 Å². The molecule has 150 valence electrons. The predicted molar refractivity (Wildman–Crippen MR) is 112 cm³/mol. The van der Waals surface area contributed by atoms with Gasteiger partial charge in [-0.2, -0.15) is 0 Å². The van der Waals surface area contributed by atoms with Crippen molar-refractivity contribution in [1.29, 1.82) is 0 Å². The van der Waals surface area contributed by atoms with Crippen molar-refractivity contribution in [2.45, 2.75) is 57.0 Å². The fraction of sp³-hybridized carbons (Fsp3) is 0.409. The van der Waals surface area contributed by atoms with Crippen LogP contribution in [0.15, 0.2) is 53.4 Å². The molecule has 0 spiro atoms. The number of sulfonamides is 1. The summed E-state index contributed by atoms with van der Waals surface area (Å²) in [5.74, 6) is 0.00953. The number of piperidine rings is 1. The Labute approximate surface area is 168 Å². The molecule has 1 heterocycles. The Bertz CT molecular complexity index is 927. The summed E-state index contributed by atoms with van der Waals surface area (Å²) in [6, 6.07) is 14.0. The average molecular weight is 401 g/mol. The normalized spacial score (nSPS) is 20.1. The summed E-state index contributed by atoms with van der Waals surface area (Å²) < 4.78 is 26.9. The molecule has 1 aliphatic rings. The van der Waals surface area contributed by atoms with Crippen molar-refractivity contribution < 1.29 is 13.2 Å². The number of hydrogen-bond acceptors (Lipinski definition) is 3. The second-order valence-corrected chi connectivity index (χ2v) is 9.64. The fourth-order valence-electron chi connectivity index (χ4n) is 3.79. The minimum Gasteiger partial charge on any atom is -0.333 e. The summed E-state index contributed by atoms with van der Waals surface area (Å²) in [5, 5.41) is 0. The van der Waals surface area contributed by atoms with E-state index in [9.17, 15) is 13.2 Å². The molecule has 0 radical (unpaired) electrons. The zero-order valence-corrected chi connectivity index (χ0v) is 17.7. The van der Waals surface area contributed by atoms with Crippen LogP contribution in [0.2, 0.25) is 0 Å². The Balaban J connectivity index is 1.82. The van der Waals surface area contributed by atoms with E-state index in [1.54, 1.807) is 48.5 Å². The lowest BCUT2D eigenvalue weighted by atomic mass is 9.96. The van der Waals surface area contributed by atoms with Gasteiger partial charge in [-0.1, -0.05) is 17.7 Å². The smallest absolute Gasteiger partial charge is 0.264 e. The van der Waals surface area contributed by atoms with E-state index in [1.807, 2.05) is 11.8 Å². The largest absolute Gasteiger partial charge is 0.333 e. The molecule has 3 rings (SSSR count). The van der Waals surface area contributed by atoms with Crippen LogP contribution in [0.4, 0.5) is 5.69 Å². The van der Waals surface area contributed by atoms with Crippen LogP contribution in [0.1, 0.15) is 49.0 Å². The van der Waals surface area contributed by atoms with E-state index in [4.69, 9.17) is 0 Å². The van der Waals surface area contributed by atoms with Gasteiger partial charge in [0.25, 0.3) is 15.9 Å². The summed E-state index contributed by atoms with van der Waals surface area (Å²) >= 11 is 0. The molecule has 1 amide bonds. The highest BCUT2D eigenvalue weighted by molar-refractivity contribution is 7.92. The summed E-state index contributed by atoms with van der Waals surface area (Å²) in [6.45, 7) is 6.09. The van der Waals surface area contributed by atoms with Crippen molar-refractivity contribution in [3.63, 3.8) is 0 Å². The van der Waals surface area contributed by atoms with E-state index in [2.05, 4.69) is 13.8 Å². The Morgan fingerprint density at radius 1 is 0.964 bits per heavy atom. The minimum absolute atomic E-state index is 0.00953. The molecular formula is C22H28N2O3S. The molecule has 2 aromatic carbocycles. The monoisotopic (exact) mass is 400 g/mol. The lowest BCUT2D eigenvalue weighted by molar-refractivity contribution is 0.0511. The van der Waals surface area contributed by atoms with Crippen molar-refractivity contribution in [3.8, 4) is 0 Å². The second kappa shape index (κ2) is 7.95. The van der Waals surface area contributed by atoms with Gasteiger partial charge in [0.15, 0.2) is 0 Å². The lowest BCUT2D eigenvalue weighted by Gasteiger charge is -2.39. The molecular weight excluding hydrogens is 372 g/mol. The fourth-order valence-corrected chi connectivity index (χ4v) is 4.99. The molecule has 6 heteroatoms. The predicted octanol–water partition coefficient (Wildman–Crippen LogP) is 4.22. The van der Waals surface area contributed by atoms with E-state index >= 15 is 0 Å². The molecule has 2 aromatic rings. The van der Waals surface area contributed by atoms with E-state index in [0.29, 0.717) is 11.3 Å². The standard InChI is InChI=1S/C22H28N2O3S/c1-16-8-14-21(15-9-16)28(26,27)23(4)20-12-10-19(11-13-20)22(25)24-17(2)6-5-7-18(24)3/h8-15,17-18H,5-7H2,1-4H3/t17-,18-/m1/s1. The number of amides is 1. The molecule has 0 N–H and O–H groups in total. The third kappa shape index (κ3) is 3.92. The first-order chi connectivity index (χ1) is 13.2. The minimum atomic E-state index is -3.64. The van der Waals surface area contributed by atoms with E-state index in [-0.39, 0.29) is 22.9 Å². The van der Waals surface area contributed by atoms with E-state index < -0.39 is 10.0 Å². The molecule has 1 fully saturated rings. The molecule has 2 atom stereocenters. The summed E-state index contributed by atoms with van der Waals surface area (Å²) in [7, 11) is -2.11. The van der Waals surface area contributed by atoms with Gasteiger partial charge in [-0.25, -0.2) is 8.42 Å². The van der Waals surface area contributed by atoms with Crippen molar-refractivity contribution >= 4 is 21.6 Å². The zero-order chi connectivity index (χ0) is 20.5. The van der Waals surface area contributed by atoms with E-state index in [1.165, 1.54) is 11.4 Å². The maximum Gasteiger partial charge on any atom is 0.264 e. The molecule has 5 nitrogen and oxygen atoms in total. The lowest BCUT2D eigenvalue weighted by Crippen LogP contribution is -2.47. The van der Waals surface area contributed by atoms with Crippen LogP contribution in [0.25, 0.3) is 0 Å². The zero-order valence-electron chi connectivity index (χ0n) is 16.9. The van der Waals surface area contributed by atoms with Crippen molar-refractivity contribution in [1.82, 2.24) is 4.90 Å². The van der Waals surface area contributed by atoms with Gasteiger partial charge in [0.05, 0.1) is 10.6 Å². The van der Waals surface area contributed by atoms with Crippen molar-refractivity contribution in [2.24, 2.45) is 0 Å². The maximum absolute atomic E-state index is 12.9. The van der Waals surface area contributed by atoms with Gasteiger partial charge in [0.2, 0.25) is 0 Å². The third-order valence-electron chi connectivity index (χ3n) is 5.59. The number of carbonyl (C=O) groups excluding carboxylic acids is 1. The maximum atomic E-state index is 12.9. The topological polar surface area (TPSA) is 57.7 Å². The van der Waals surface area contributed by atoms with Crippen LogP contribution in [-0.4, -0.2) is 38.4 Å². The Morgan fingerprint density at radius 3 is 2.04 bits per heavy atom. The molecule has 28 heavy (non-hydrogen) atoms. The molecule has 0 bridgehead atoms. The molecule has 1 saturated heterocycles. The summed E-state index contributed by atoms with van der Waals surface area (Å²) in [4.78, 5) is 15.1. The van der Waals surface area contributed by atoms with Crippen LogP contribution < -0.4 is 4.31 Å². The Hall–Kier alpha value is -2.34. The highest BCUT2D eigenvalue weighted by Gasteiger charge is 2.29. The van der Waals surface area contributed by atoms with Crippen molar-refractivity contribution in [3.05, 3.63) is 59.7 Å². The molecule has 0 unspecified atom stereocenters. The van der Waals surface area contributed by atoms with Gasteiger partial charge in [0.1, 0.15) is 0 Å². The SMILES string of the molecule is Cc1ccc(S(=O)(=O)N(C)c2ccc(C(=O)N3[C@H](C)CCC[C@H]3C)cc2)cc1. The highest BCUT2D eigenvalue weighted by Crippen LogP contribution is 2.26. The first kappa shape index (κ1) is 20.4. The molecule has 1 aliphatic heterocycles. The number of hydrogen-bond donors (Lipinski definition) is 0. The second-order valence-electron chi connectivity index (χ2n) is 7.67. The summed E-state index contributed by atoms with van der Waals surface area (Å²) in [6.07, 6.45) is 3.18. The highest BCUT2D eigenvalue weighted by atomic mass is 32.2. The number of carbonyl (C=O) groups is 1. The van der Waals surface area contributed by atoms with Crippen LogP contribution in [0, 0.1) is 6.92 Å². The molecule has 0 saturated carbocycles. The number of benzene rings is 2. The van der Waals surface area contributed by atoms with Crippen LogP contribution in [0.5, 0.6) is 0 Å². The van der Waals surface area contributed by atoms with Crippen molar-refractivity contribution in [2.75, 3.05) is 11.4 Å². The Morgan fingerprint density at radius 2 is 1.50 bits per heavy atom. The summed E-state index contributed by atoms with van der Waals surface area (Å²) in [5.41, 5.74) is 2.12. The number of anilines is 1. The van der Waals surface area contributed by atoms with Crippen LogP contribution in [-0.2, 0) is 10.0 Å². The van der Waals surface area contributed by atoms with Gasteiger partial charge in [-0.05, 0) is 76.4 Å². The Kier molecular flexibility index (Phi) is 5.79. The van der Waals surface area contributed by atoms with Gasteiger partial charge in [-0.3, -0.25) is 9.10 Å². The first-order valence-corrected chi connectivity index (χ1v) is 11.1. The number of nitrogens with zero attached hydrogens (tertiary/aromatic N) is 2. The van der Waals surface area contributed by atoms with Gasteiger partial charge in [0, 0.05) is 24.7 Å². The quantitative estimate of drug-likeness (QED) is 0.772. The molecule has 0 aromatic heterocycles. The number of aryl methyl sites for hydroxylation is 1. The number of rotatable bonds is 4. The number of likely N-dealkylation sites (tertiary alicyclic amines) is 1. The first-order valence-electron chi connectivity index (χ1n) is 9.70. The third-order valence-corrected chi connectivity index (χ3v) is 7.39. The van der Waals surface area contributed by atoms with Crippen LogP contribution >= 0.6 is 0 Å².